The quantitative estimate of drug-likeness (QED) is 0.700. The molecule has 3 unspecified atom stereocenters. The summed E-state index contributed by atoms with van der Waals surface area (Å²) in [5, 5.41) is 5.93. The molecule has 1 aliphatic carbocycles. The molecule has 6 nitrogen and oxygen atoms in total. The Morgan fingerprint density at radius 3 is 2.64 bits per heavy atom. The van der Waals surface area contributed by atoms with Crippen molar-refractivity contribution in [3.05, 3.63) is 29.8 Å². The van der Waals surface area contributed by atoms with Crippen LogP contribution in [-0.4, -0.2) is 37.6 Å². The molecule has 2 rings (SSSR count). The summed E-state index contributed by atoms with van der Waals surface area (Å²) in [6.45, 7) is 4.41. The molecule has 3 atom stereocenters. The Morgan fingerprint density at radius 1 is 1.28 bits per heavy atom. The average molecular weight is 347 g/mol. The molecule has 2 amide bonds. The van der Waals surface area contributed by atoms with Crippen molar-refractivity contribution in [1.82, 2.24) is 10.6 Å². The topological polar surface area (TPSA) is 93.4 Å². The van der Waals surface area contributed by atoms with Gasteiger partial charge in [-0.25, -0.2) is 0 Å². The van der Waals surface area contributed by atoms with E-state index in [0.29, 0.717) is 23.8 Å². The Bertz CT molecular complexity index is 603. The number of carbonyl (C=O) groups excluding carboxylic acids is 2. The second-order valence-electron chi connectivity index (χ2n) is 6.94. The summed E-state index contributed by atoms with van der Waals surface area (Å²) in [6.07, 6.45) is 3.06. The Labute approximate surface area is 149 Å². The summed E-state index contributed by atoms with van der Waals surface area (Å²) < 4.78 is 5.23. The highest BCUT2D eigenvalue weighted by atomic mass is 16.5. The first-order chi connectivity index (χ1) is 12.0. The third-order valence-electron chi connectivity index (χ3n) is 4.88. The van der Waals surface area contributed by atoms with Gasteiger partial charge in [0.25, 0.3) is 5.91 Å². The Kier molecular flexibility index (Phi) is 6.82. The molecule has 0 spiro atoms. The van der Waals surface area contributed by atoms with Crippen molar-refractivity contribution >= 4 is 11.8 Å². The number of amides is 2. The number of ether oxygens (including phenoxy) is 1. The maximum Gasteiger partial charge on any atom is 0.255 e. The fraction of sp³-hybridized carbons (Fsp3) is 0.579. The molecule has 1 aromatic carbocycles. The molecule has 0 heterocycles. The maximum atomic E-state index is 12.7. The van der Waals surface area contributed by atoms with E-state index in [1.807, 2.05) is 13.8 Å². The van der Waals surface area contributed by atoms with Crippen molar-refractivity contribution < 1.29 is 14.3 Å². The Hall–Kier alpha value is -2.08. The van der Waals surface area contributed by atoms with Gasteiger partial charge in [0.05, 0.1) is 12.7 Å². The first-order valence-corrected chi connectivity index (χ1v) is 8.92. The normalized spacial score (nSPS) is 21.0. The molecule has 0 aromatic heterocycles. The molecule has 138 valence electrons. The molecular weight excluding hydrogens is 318 g/mol. The van der Waals surface area contributed by atoms with Crippen molar-refractivity contribution in [2.45, 2.75) is 45.2 Å². The maximum absolute atomic E-state index is 12.7. The van der Waals surface area contributed by atoms with Crippen molar-refractivity contribution in [3.8, 4) is 5.75 Å². The van der Waals surface area contributed by atoms with Gasteiger partial charge in [-0.15, -0.1) is 0 Å². The number of methoxy groups -OCH3 is 1. The summed E-state index contributed by atoms with van der Waals surface area (Å²) >= 11 is 0. The lowest BCUT2D eigenvalue weighted by molar-refractivity contribution is -0.124. The molecular formula is C19H29N3O3. The fourth-order valence-corrected chi connectivity index (χ4v) is 3.37. The highest BCUT2D eigenvalue weighted by Gasteiger charge is 2.32. The van der Waals surface area contributed by atoms with Crippen LogP contribution in [0.25, 0.3) is 0 Å². The van der Waals surface area contributed by atoms with Gasteiger partial charge >= 0.3 is 0 Å². The van der Waals surface area contributed by atoms with Crippen LogP contribution in [0.5, 0.6) is 5.75 Å². The number of nitrogens with two attached hydrogens (primary N) is 1. The van der Waals surface area contributed by atoms with Crippen LogP contribution in [0.1, 0.15) is 43.5 Å². The molecule has 0 radical (unpaired) electrons. The van der Waals surface area contributed by atoms with Gasteiger partial charge in [-0.3, -0.25) is 9.59 Å². The summed E-state index contributed by atoms with van der Waals surface area (Å²) in [7, 11) is 1.52. The average Bonchev–Trinajstić information content (AvgIpc) is 3.05. The minimum atomic E-state index is -0.601. The minimum absolute atomic E-state index is 0.0311. The Balaban J connectivity index is 2.07. The lowest BCUT2D eigenvalue weighted by atomic mass is 10.00. The number of rotatable bonds is 7. The smallest absolute Gasteiger partial charge is 0.255 e. The number of carbonyl (C=O) groups is 2. The van der Waals surface area contributed by atoms with Gasteiger partial charge in [-0.05, 0) is 43.4 Å². The van der Waals surface area contributed by atoms with Gasteiger partial charge in [0.2, 0.25) is 5.91 Å². The van der Waals surface area contributed by atoms with Crippen LogP contribution in [0, 0.1) is 11.8 Å². The van der Waals surface area contributed by atoms with E-state index in [1.54, 1.807) is 24.3 Å². The fourth-order valence-electron chi connectivity index (χ4n) is 3.37. The van der Waals surface area contributed by atoms with E-state index in [4.69, 9.17) is 10.5 Å². The first kappa shape index (κ1) is 19.2. The van der Waals surface area contributed by atoms with Crippen LogP contribution in [0.15, 0.2) is 24.3 Å². The molecule has 1 fully saturated rings. The molecule has 0 bridgehead atoms. The number of para-hydroxylation sites is 1. The molecule has 4 N–H and O–H groups in total. The first-order valence-electron chi connectivity index (χ1n) is 8.92. The lowest BCUT2D eigenvalue weighted by Gasteiger charge is -2.26. The van der Waals surface area contributed by atoms with Gasteiger partial charge in [-0.1, -0.05) is 32.4 Å². The van der Waals surface area contributed by atoms with Crippen molar-refractivity contribution in [3.63, 3.8) is 0 Å². The van der Waals surface area contributed by atoms with Crippen LogP contribution in [0.4, 0.5) is 0 Å². The van der Waals surface area contributed by atoms with Gasteiger partial charge in [0, 0.05) is 6.04 Å². The molecule has 0 saturated heterocycles. The highest BCUT2D eigenvalue weighted by molar-refractivity contribution is 5.99. The summed E-state index contributed by atoms with van der Waals surface area (Å²) in [4.78, 5) is 25.3. The molecule has 1 aromatic rings. The third-order valence-corrected chi connectivity index (χ3v) is 4.88. The van der Waals surface area contributed by atoms with E-state index in [9.17, 15) is 9.59 Å². The minimum Gasteiger partial charge on any atom is -0.496 e. The van der Waals surface area contributed by atoms with Gasteiger partial charge < -0.3 is 21.1 Å². The summed E-state index contributed by atoms with van der Waals surface area (Å²) in [6, 6.07) is 6.48. The van der Waals surface area contributed by atoms with E-state index in [0.717, 1.165) is 19.3 Å². The van der Waals surface area contributed by atoms with Gasteiger partial charge in [0.1, 0.15) is 11.8 Å². The predicted octanol–water partition coefficient (Wildman–Crippen LogP) is 1.69. The standard InChI is InChI=1S/C19H29N3O3/c1-12(2)17(19(24)21-15-9-6-7-13(15)11-20)22-18(23)14-8-4-5-10-16(14)25-3/h4-5,8,10,12-13,15,17H,6-7,9,11,20H2,1-3H3,(H,21,24)(H,22,23). The molecule has 1 aliphatic rings. The van der Waals surface area contributed by atoms with Crippen LogP contribution in [0.3, 0.4) is 0 Å². The SMILES string of the molecule is COc1ccccc1C(=O)NC(C(=O)NC1CCCC1CN)C(C)C. The number of hydrogen-bond acceptors (Lipinski definition) is 4. The van der Waals surface area contributed by atoms with Crippen LogP contribution >= 0.6 is 0 Å². The number of hydrogen-bond donors (Lipinski definition) is 3. The highest BCUT2D eigenvalue weighted by Crippen LogP contribution is 2.25. The molecule has 1 saturated carbocycles. The van der Waals surface area contributed by atoms with E-state index < -0.39 is 6.04 Å². The third kappa shape index (κ3) is 4.72. The van der Waals surface area contributed by atoms with Crippen LogP contribution < -0.4 is 21.1 Å². The second kappa shape index (κ2) is 8.85. The van der Waals surface area contributed by atoms with E-state index >= 15 is 0 Å². The molecule has 6 heteroatoms. The zero-order valence-corrected chi connectivity index (χ0v) is 15.2. The number of benzene rings is 1. The monoisotopic (exact) mass is 347 g/mol. The van der Waals surface area contributed by atoms with Crippen LogP contribution in [-0.2, 0) is 4.79 Å². The van der Waals surface area contributed by atoms with Crippen LogP contribution in [0.2, 0.25) is 0 Å². The van der Waals surface area contributed by atoms with Crippen molar-refractivity contribution in [2.75, 3.05) is 13.7 Å². The lowest BCUT2D eigenvalue weighted by Crippen LogP contribution is -2.53. The van der Waals surface area contributed by atoms with Crippen molar-refractivity contribution in [2.24, 2.45) is 17.6 Å². The zero-order valence-electron chi connectivity index (χ0n) is 15.2. The van der Waals surface area contributed by atoms with E-state index in [-0.39, 0.29) is 23.8 Å². The van der Waals surface area contributed by atoms with Gasteiger partial charge in [-0.2, -0.15) is 0 Å². The Morgan fingerprint density at radius 2 is 2.00 bits per heavy atom. The van der Waals surface area contributed by atoms with Gasteiger partial charge in [0.15, 0.2) is 0 Å². The van der Waals surface area contributed by atoms with E-state index in [1.165, 1.54) is 7.11 Å². The summed E-state index contributed by atoms with van der Waals surface area (Å²) in [5.41, 5.74) is 6.21. The predicted molar refractivity (Wildman–Crippen MR) is 97.4 cm³/mol. The molecule has 25 heavy (non-hydrogen) atoms. The van der Waals surface area contributed by atoms with E-state index in [2.05, 4.69) is 10.6 Å². The largest absolute Gasteiger partial charge is 0.496 e. The zero-order chi connectivity index (χ0) is 18.4. The molecule has 0 aliphatic heterocycles. The van der Waals surface area contributed by atoms with Crippen molar-refractivity contribution in [1.29, 1.82) is 0 Å². The number of nitrogens with one attached hydrogen (secondary N) is 2. The summed E-state index contributed by atoms with van der Waals surface area (Å²) in [5.74, 6) is 0.316. The second-order valence-corrected chi connectivity index (χ2v) is 6.94.